The van der Waals surface area contributed by atoms with Gasteiger partial charge in [0.05, 0.1) is 13.2 Å². The van der Waals surface area contributed by atoms with Gasteiger partial charge in [-0.2, -0.15) is 4.98 Å². The van der Waals surface area contributed by atoms with Gasteiger partial charge in [0.15, 0.2) is 0 Å². The molecule has 0 radical (unpaired) electrons. The summed E-state index contributed by atoms with van der Waals surface area (Å²) in [6, 6.07) is 7.44. The molecule has 0 aliphatic heterocycles. The van der Waals surface area contributed by atoms with E-state index in [1.807, 2.05) is 34.6 Å². The highest BCUT2D eigenvalue weighted by atomic mass is 32.5. The van der Waals surface area contributed by atoms with Gasteiger partial charge in [0.25, 0.3) is 0 Å². The summed E-state index contributed by atoms with van der Waals surface area (Å²) < 4.78 is 16.6. The van der Waals surface area contributed by atoms with E-state index in [1.165, 1.54) is 24.3 Å². The molecule has 150 valence electrons. The van der Waals surface area contributed by atoms with Crippen LogP contribution in [0, 0.1) is 6.92 Å². The molecule has 0 saturated carbocycles. The average molecular weight is 414 g/mol. The van der Waals surface area contributed by atoms with Gasteiger partial charge in [0.1, 0.15) is 17.3 Å². The maximum Gasteiger partial charge on any atom is 0.381 e. The van der Waals surface area contributed by atoms with Crippen LogP contribution in [0.4, 0.5) is 0 Å². The van der Waals surface area contributed by atoms with Crippen LogP contribution in [0.3, 0.4) is 0 Å². The minimum atomic E-state index is -2.77. The molecule has 27 heavy (non-hydrogen) atoms. The van der Waals surface area contributed by atoms with Crippen LogP contribution in [0.2, 0.25) is 0 Å². The maximum absolute atomic E-state index is 8.65. The zero-order valence-electron chi connectivity index (χ0n) is 16.2. The molecule has 0 unspecified atom stereocenters. The third-order valence-electron chi connectivity index (χ3n) is 2.99. The number of aromatic hydroxyl groups is 2. The molecule has 0 aliphatic carbocycles. The second-order valence-corrected chi connectivity index (χ2v) is 8.69. The van der Waals surface area contributed by atoms with E-state index in [1.54, 1.807) is 6.07 Å². The number of aryl methyl sites for hydroxylation is 1. The highest BCUT2D eigenvalue weighted by Gasteiger charge is 2.22. The molecule has 9 heteroatoms. The molecule has 0 atom stereocenters. The molecule has 0 amide bonds. The Bertz CT molecular complexity index is 725. The van der Waals surface area contributed by atoms with Gasteiger partial charge in [0.2, 0.25) is 5.88 Å². The lowest BCUT2D eigenvalue weighted by Gasteiger charge is -2.20. The van der Waals surface area contributed by atoms with E-state index in [0.29, 0.717) is 19.1 Å². The molecular formula is C18H27N2O5PS. The van der Waals surface area contributed by atoms with E-state index < -0.39 is 6.72 Å². The van der Waals surface area contributed by atoms with Crippen LogP contribution >= 0.6 is 6.72 Å². The topological polar surface area (TPSA) is 93.9 Å². The first-order valence-corrected chi connectivity index (χ1v) is 11.2. The molecule has 2 rings (SSSR count). The first kappa shape index (κ1) is 23.3. The van der Waals surface area contributed by atoms with E-state index in [0.717, 1.165) is 11.5 Å². The van der Waals surface area contributed by atoms with Crippen LogP contribution < -0.4 is 4.52 Å². The number of phenols is 2. The normalized spacial score (nSPS) is 11.0. The Kier molecular flexibility index (Phi) is 9.66. The van der Waals surface area contributed by atoms with Gasteiger partial charge in [-0.05, 0) is 45.0 Å². The molecule has 0 spiro atoms. The molecule has 1 aromatic heterocycles. The molecule has 0 fully saturated rings. The number of rotatable bonds is 7. The number of aromatic nitrogens is 2. The van der Waals surface area contributed by atoms with Gasteiger partial charge in [-0.15, -0.1) is 0 Å². The smallest absolute Gasteiger partial charge is 0.381 e. The highest BCUT2D eigenvalue weighted by molar-refractivity contribution is 8.07. The summed E-state index contributed by atoms with van der Waals surface area (Å²) in [6.45, 7) is 7.78. The molecule has 2 aromatic rings. The van der Waals surface area contributed by atoms with Gasteiger partial charge in [-0.25, -0.2) is 4.98 Å². The summed E-state index contributed by atoms with van der Waals surface area (Å²) in [4.78, 5) is 8.71. The quantitative estimate of drug-likeness (QED) is 0.498. The molecule has 7 nitrogen and oxygen atoms in total. The van der Waals surface area contributed by atoms with Crippen molar-refractivity contribution < 1.29 is 23.8 Å². The Morgan fingerprint density at radius 1 is 1.00 bits per heavy atom. The van der Waals surface area contributed by atoms with E-state index >= 15 is 0 Å². The fourth-order valence-corrected chi connectivity index (χ4v) is 3.84. The third kappa shape index (κ3) is 8.67. The fraction of sp³-hybridized carbons (Fsp3) is 0.444. The second-order valence-electron chi connectivity index (χ2n) is 5.75. The zero-order valence-corrected chi connectivity index (χ0v) is 18.0. The Labute approximate surface area is 165 Å². The zero-order chi connectivity index (χ0) is 20.4. The van der Waals surface area contributed by atoms with Crippen LogP contribution in [0.1, 0.15) is 45.1 Å². The largest absolute Gasteiger partial charge is 0.508 e. The van der Waals surface area contributed by atoms with Crippen LogP contribution in [-0.4, -0.2) is 33.4 Å². The van der Waals surface area contributed by atoms with Crippen molar-refractivity contribution in [2.45, 2.75) is 40.5 Å². The van der Waals surface area contributed by atoms with E-state index in [9.17, 15) is 0 Å². The first-order chi connectivity index (χ1) is 12.7. The minimum absolute atomic E-state index is 0.169. The molecule has 1 heterocycles. The van der Waals surface area contributed by atoms with Crippen LogP contribution in [0.5, 0.6) is 17.4 Å². The van der Waals surface area contributed by atoms with Gasteiger partial charge in [-0.1, -0.05) is 13.8 Å². The summed E-state index contributed by atoms with van der Waals surface area (Å²) in [6.07, 6.45) is 0. The van der Waals surface area contributed by atoms with Crippen LogP contribution in [-0.2, 0) is 20.9 Å². The predicted molar refractivity (Wildman–Crippen MR) is 109 cm³/mol. The van der Waals surface area contributed by atoms with Crippen molar-refractivity contribution in [3.63, 3.8) is 0 Å². The molecule has 1 aromatic carbocycles. The SMILES string of the molecule is CCOP(=S)(OCC)Oc1cc(C)nc(C(C)C)n1.Oc1ccc(O)cc1. The number of hydrogen-bond acceptors (Lipinski definition) is 8. The second kappa shape index (κ2) is 11.2. The molecule has 0 aliphatic rings. The Balaban J connectivity index is 0.000000377. The predicted octanol–water partition coefficient (Wildman–Crippen LogP) is 4.68. The van der Waals surface area contributed by atoms with Crippen molar-refractivity contribution in [3.05, 3.63) is 41.9 Å². The lowest BCUT2D eigenvalue weighted by molar-refractivity contribution is 0.215. The van der Waals surface area contributed by atoms with Crippen molar-refractivity contribution in [2.75, 3.05) is 13.2 Å². The van der Waals surface area contributed by atoms with E-state index in [4.69, 9.17) is 35.6 Å². The Morgan fingerprint density at radius 2 is 1.48 bits per heavy atom. The van der Waals surface area contributed by atoms with Gasteiger partial charge in [-0.3, -0.25) is 9.05 Å². The van der Waals surface area contributed by atoms with Crippen molar-refractivity contribution in [3.8, 4) is 17.4 Å². The Morgan fingerprint density at radius 3 is 1.89 bits per heavy atom. The summed E-state index contributed by atoms with van der Waals surface area (Å²) >= 11 is 5.32. The number of nitrogens with zero attached hydrogens (tertiary/aromatic N) is 2. The van der Waals surface area contributed by atoms with Gasteiger partial charge >= 0.3 is 6.72 Å². The van der Waals surface area contributed by atoms with Gasteiger partial charge < -0.3 is 14.7 Å². The van der Waals surface area contributed by atoms with Crippen molar-refractivity contribution in [1.29, 1.82) is 0 Å². The Hall–Kier alpha value is -1.73. The first-order valence-electron chi connectivity index (χ1n) is 8.61. The van der Waals surface area contributed by atoms with E-state index in [2.05, 4.69) is 9.97 Å². The van der Waals surface area contributed by atoms with Gasteiger partial charge in [0, 0.05) is 29.5 Å². The standard InChI is InChI=1S/C12H21N2O3PS.C6H6O2/c1-6-15-18(19,16-7-2)17-11-8-10(5)13-12(14-11)9(3)4;7-5-1-2-6(8)4-3-5/h8-9H,6-7H2,1-5H3;1-4,7-8H. The summed E-state index contributed by atoms with van der Waals surface area (Å²) in [5.41, 5.74) is 0.836. The minimum Gasteiger partial charge on any atom is -0.508 e. The molecule has 0 saturated heterocycles. The third-order valence-corrected chi connectivity index (χ3v) is 5.41. The van der Waals surface area contributed by atoms with Crippen LogP contribution in [0.25, 0.3) is 0 Å². The fourth-order valence-electron chi connectivity index (χ4n) is 1.84. The number of hydrogen-bond donors (Lipinski definition) is 2. The summed E-state index contributed by atoms with van der Waals surface area (Å²) in [7, 11) is 0. The molecular weight excluding hydrogens is 387 g/mol. The molecule has 0 bridgehead atoms. The lowest BCUT2D eigenvalue weighted by Crippen LogP contribution is -2.06. The number of phenolic OH excluding ortho intramolecular Hbond substituents is 2. The van der Waals surface area contributed by atoms with E-state index in [-0.39, 0.29) is 17.4 Å². The summed E-state index contributed by atoms with van der Waals surface area (Å²) in [5, 5.41) is 17.3. The van der Waals surface area contributed by atoms with Crippen LogP contribution in [0.15, 0.2) is 30.3 Å². The van der Waals surface area contributed by atoms with Crippen molar-refractivity contribution >= 4 is 18.5 Å². The van der Waals surface area contributed by atoms with Crippen molar-refractivity contribution in [2.24, 2.45) is 0 Å². The summed E-state index contributed by atoms with van der Waals surface area (Å²) in [5.74, 6) is 1.70. The highest BCUT2D eigenvalue weighted by Crippen LogP contribution is 2.49. The number of benzene rings is 1. The average Bonchev–Trinajstić information content (AvgIpc) is 2.57. The lowest BCUT2D eigenvalue weighted by atomic mass is 10.2. The maximum atomic E-state index is 8.65. The molecule has 2 N–H and O–H groups in total. The monoisotopic (exact) mass is 414 g/mol. The van der Waals surface area contributed by atoms with Crippen molar-refractivity contribution in [1.82, 2.24) is 9.97 Å².